The minimum absolute atomic E-state index is 0.329. The van der Waals surface area contributed by atoms with E-state index in [1.54, 1.807) is 31.2 Å². The van der Waals surface area contributed by atoms with Gasteiger partial charge in [-0.1, -0.05) is 23.7 Å². The van der Waals surface area contributed by atoms with Crippen molar-refractivity contribution in [2.75, 3.05) is 12.4 Å². The normalized spacial score (nSPS) is 10.1. The van der Waals surface area contributed by atoms with Crippen molar-refractivity contribution < 1.29 is 9.53 Å². The van der Waals surface area contributed by atoms with Crippen molar-refractivity contribution in [1.29, 1.82) is 0 Å². The van der Waals surface area contributed by atoms with Gasteiger partial charge in [0.15, 0.2) is 0 Å². The van der Waals surface area contributed by atoms with Crippen molar-refractivity contribution in [3.8, 4) is 5.75 Å². The Morgan fingerprint density at radius 2 is 2.11 bits per heavy atom. The van der Waals surface area contributed by atoms with E-state index >= 15 is 0 Å². The highest BCUT2D eigenvalue weighted by molar-refractivity contribution is 7.07. The summed E-state index contributed by atoms with van der Waals surface area (Å²) in [5, 5.41) is 2.64. The minimum atomic E-state index is -0.484. The summed E-state index contributed by atoms with van der Waals surface area (Å²) in [5.41, 5.74) is 0.202. The Bertz CT molecular complexity index is 630. The maximum atomic E-state index is 11.9. The second-order valence-electron chi connectivity index (χ2n) is 3.61. The summed E-state index contributed by atoms with van der Waals surface area (Å²) in [4.78, 5) is 24.2. The van der Waals surface area contributed by atoms with Gasteiger partial charge < -0.3 is 10.1 Å². The first kappa shape index (κ1) is 12.4. The van der Waals surface area contributed by atoms with Crippen LogP contribution in [0.25, 0.3) is 0 Å². The number of amides is 1. The van der Waals surface area contributed by atoms with Gasteiger partial charge in [-0.25, -0.2) is 4.79 Å². The van der Waals surface area contributed by atoms with Gasteiger partial charge in [0.25, 0.3) is 5.56 Å². The zero-order valence-electron chi connectivity index (χ0n) is 9.97. The summed E-state index contributed by atoms with van der Waals surface area (Å²) in [7, 11) is 1.52. The number of nitrogens with one attached hydrogen (secondary N) is 1. The molecule has 5 nitrogen and oxygen atoms in total. The van der Waals surface area contributed by atoms with Gasteiger partial charge in [0, 0.05) is 10.9 Å². The lowest BCUT2D eigenvalue weighted by molar-refractivity contribution is 0.254. The fourth-order valence-electron chi connectivity index (χ4n) is 1.50. The van der Waals surface area contributed by atoms with Gasteiger partial charge in [-0.15, -0.1) is 0 Å². The number of anilines is 1. The average Bonchev–Trinajstić information content (AvgIpc) is 2.69. The van der Waals surface area contributed by atoms with E-state index in [9.17, 15) is 9.59 Å². The molecule has 0 saturated heterocycles. The summed E-state index contributed by atoms with van der Waals surface area (Å²) >= 11 is 1.11. The van der Waals surface area contributed by atoms with Gasteiger partial charge in [0.05, 0.1) is 12.8 Å². The van der Waals surface area contributed by atoms with E-state index < -0.39 is 6.03 Å². The molecule has 2 rings (SSSR count). The number of methoxy groups -OCH3 is 1. The summed E-state index contributed by atoms with van der Waals surface area (Å²) in [6.45, 7) is 1.78. The van der Waals surface area contributed by atoms with Gasteiger partial charge in [-0.2, -0.15) is 3.96 Å². The van der Waals surface area contributed by atoms with Crippen LogP contribution in [0.2, 0.25) is 0 Å². The van der Waals surface area contributed by atoms with E-state index in [1.807, 2.05) is 0 Å². The lowest BCUT2D eigenvalue weighted by atomic mass is 10.3. The predicted molar refractivity (Wildman–Crippen MR) is 70.7 cm³/mol. The molecule has 0 spiro atoms. The average molecular weight is 264 g/mol. The number of carbonyl (C=O) groups excluding carboxylic acids is 1. The van der Waals surface area contributed by atoms with Crippen LogP contribution < -0.4 is 15.6 Å². The highest BCUT2D eigenvalue weighted by atomic mass is 32.1. The number of hydrogen-bond donors (Lipinski definition) is 1. The standard InChI is InChI=1S/C12H12N2O3S/c1-8-7-11(15)14(18-8)12(16)13-9-5-3-4-6-10(9)17-2/h3-7H,1-2H3,(H,13,16). The number of carbonyl (C=O) groups is 1. The molecule has 0 radical (unpaired) electrons. The molecular weight excluding hydrogens is 252 g/mol. The SMILES string of the molecule is COc1ccccc1NC(=O)n1sc(C)cc1=O. The fourth-order valence-corrected chi connectivity index (χ4v) is 2.22. The summed E-state index contributed by atoms with van der Waals surface area (Å²) in [5.74, 6) is 0.548. The molecule has 1 heterocycles. The summed E-state index contributed by atoms with van der Waals surface area (Å²) < 4.78 is 6.19. The number of aryl methyl sites for hydroxylation is 1. The third kappa shape index (κ3) is 2.43. The number of benzene rings is 1. The van der Waals surface area contributed by atoms with Crippen molar-refractivity contribution in [2.24, 2.45) is 0 Å². The van der Waals surface area contributed by atoms with Crippen LogP contribution in [0.1, 0.15) is 4.88 Å². The Balaban J connectivity index is 2.27. The van der Waals surface area contributed by atoms with Crippen LogP contribution in [0, 0.1) is 6.92 Å². The molecule has 0 saturated carbocycles. The molecule has 1 N–H and O–H groups in total. The number of para-hydroxylation sites is 2. The van der Waals surface area contributed by atoms with Crippen molar-refractivity contribution in [3.63, 3.8) is 0 Å². The van der Waals surface area contributed by atoms with E-state index in [1.165, 1.54) is 13.2 Å². The molecular formula is C12H12N2O3S. The molecule has 0 atom stereocenters. The van der Waals surface area contributed by atoms with E-state index in [0.29, 0.717) is 11.4 Å². The van der Waals surface area contributed by atoms with Gasteiger partial charge in [-0.3, -0.25) is 4.79 Å². The number of ether oxygens (including phenoxy) is 1. The Labute approximate surface area is 108 Å². The van der Waals surface area contributed by atoms with Crippen LogP contribution in [0.15, 0.2) is 35.1 Å². The number of rotatable bonds is 2. The van der Waals surface area contributed by atoms with Crippen LogP contribution in [0.3, 0.4) is 0 Å². The molecule has 0 aliphatic heterocycles. The Morgan fingerprint density at radius 3 is 2.72 bits per heavy atom. The number of nitrogens with zero attached hydrogens (tertiary/aromatic N) is 1. The number of aromatic nitrogens is 1. The first-order valence-electron chi connectivity index (χ1n) is 5.26. The maximum absolute atomic E-state index is 11.9. The monoisotopic (exact) mass is 264 g/mol. The quantitative estimate of drug-likeness (QED) is 0.905. The topological polar surface area (TPSA) is 60.3 Å². The summed E-state index contributed by atoms with van der Waals surface area (Å²) in [6.07, 6.45) is 0. The molecule has 0 fully saturated rings. The highest BCUT2D eigenvalue weighted by Crippen LogP contribution is 2.23. The fraction of sp³-hybridized carbons (Fsp3) is 0.167. The molecule has 0 bridgehead atoms. The Hall–Kier alpha value is -2.08. The largest absolute Gasteiger partial charge is 0.495 e. The van der Waals surface area contributed by atoms with Crippen molar-refractivity contribution in [1.82, 2.24) is 3.96 Å². The molecule has 0 aliphatic carbocycles. The smallest absolute Gasteiger partial charge is 0.342 e. The first-order chi connectivity index (χ1) is 8.61. The zero-order valence-corrected chi connectivity index (χ0v) is 10.8. The van der Waals surface area contributed by atoms with Crippen molar-refractivity contribution >= 4 is 23.3 Å². The molecule has 1 aromatic heterocycles. The van der Waals surface area contributed by atoms with Crippen LogP contribution in [0.5, 0.6) is 5.75 Å². The first-order valence-corrected chi connectivity index (χ1v) is 6.03. The third-order valence-corrected chi connectivity index (χ3v) is 3.23. The molecule has 1 amide bonds. The number of hydrogen-bond acceptors (Lipinski definition) is 4. The minimum Gasteiger partial charge on any atom is -0.495 e. The molecule has 1 aromatic carbocycles. The van der Waals surface area contributed by atoms with E-state index in [0.717, 1.165) is 20.4 Å². The van der Waals surface area contributed by atoms with Crippen LogP contribution in [0.4, 0.5) is 10.5 Å². The third-order valence-electron chi connectivity index (χ3n) is 2.30. The molecule has 0 unspecified atom stereocenters. The van der Waals surface area contributed by atoms with E-state index in [-0.39, 0.29) is 5.56 Å². The molecule has 94 valence electrons. The molecule has 2 aromatic rings. The van der Waals surface area contributed by atoms with E-state index in [4.69, 9.17) is 4.74 Å². The van der Waals surface area contributed by atoms with Crippen molar-refractivity contribution in [3.05, 3.63) is 45.6 Å². The second-order valence-corrected chi connectivity index (χ2v) is 4.80. The lowest BCUT2D eigenvalue weighted by Gasteiger charge is -2.08. The van der Waals surface area contributed by atoms with Gasteiger partial charge in [-0.05, 0) is 19.1 Å². The Kier molecular flexibility index (Phi) is 3.47. The van der Waals surface area contributed by atoms with Crippen molar-refractivity contribution in [2.45, 2.75) is 6.92 Å². The molecule has 6 heteroatoms. The van der Waals surface area contributed by atoms with Crippen LogP contribution in [-0.2, 0) is 0 Å². The maximum Gasteiger partial charge on any atom is 0.342 e. The van der Waals surface area contributed by atoms with Gasteiger partial charge in [0.1, 0.15) is 5.75 Å². The van der Waals surface area contributed by atoms with Gasteiger partial charge in [0.2, 0.25) is 0 Å². The molecule has 18 heavy (non-hydrogen) atoms. The van der Waals surface area contributed by atoms with Crippen LogP contribution in [-0.4, -0.2) is 17.1 Å². The zero-order chi connectivity index (χ0) is 13.1. The Morgan fingerprint density at radius 1 is 1.39 bits per heavy atom. The van der Waals surface area contributed by atoms with Gasteiger partial charge >= 0.3 is 6.03 Å². The second kappa shape index (κ2) is 5.05. The molecule has 0 aliphatic rings. The predicted octanol–water partition coefficient (Wildman–Crippen LogP) is 2.31. The lowest BCUT2D eigenvalue weighted by Crippen LogP contribution is -2.26. The van der Waals surface area contributed by atoms with E-state index in [2.05, 4.69) is 5.32 Å². The summed E-state index contributed by atoms with van der Waals surface area (Å²) in [6, 6.07) is 7.96. The van der Waals surface area contributed by atoms with Crippen LogP contribution >= 0.6 is 11.5 Å². The highest BCUT2D eigenvalue weighted by Gasteiger charge is 2.12.